The van der Waals surface area contributed by atoms with Gasteiger partial charge in [0, 0.05) is 31.2 Å². The lowest BCUT2D eigenvalue weighted by atomic mass is 10.1. The molecule has 2 N–H and O–H groups in total. The standard InChI is InChI=1S/C12H19N3O4S/c1-20(17,18)14-11-2-5-15(6-3-11)12(16)13-8-10-4-7-19-9-10/h4,7,9,11,14H,2-3,5-6,8H2,1H3,(H,13,16). The number of sulfonamides is 1. The molecule has 0 bridgehead atoms. The Hall–Kier alpha value is -1.54. The molecule has 112 valence electrons. The second-order valence-corrected chi connectivity index (χ2v) is 6.72. The molecular formula is C12H19N3O4S. The molecule has 2 rings (SSSR count). The summed E-state index contributed by atoms with van der Waals surface area (Å²) in [5.41, 5.74) is 0.909. The van der Waals surface area contributed by atoms with Gasteiger partial charge in [-0.05, 0) is 18.9 Å². The first-order valence-electron chi connectivity index (χ1n) is 6.45. The number of amides is 2. The molecule has 2 amide bonds. The fourth-order valence-corrected chi connectivity index (χ4v) is 3.03. The molecule has 1 aromatic heterocycles. The van der Waals surface area contributed by atoms with E-state index in [1.54, 1.807) is 23.5 Å². The number of hydrogen-bond donors (Lipinski definition) is 2. The van der Waals surface area contributed by atoms with Crippen molar-refractivity contribution in [2.24, 2.45) is 0 Å². The molecule has 0 saturated carbocycles. The number of carbonyl (C=O) groups is 1. The third-order valence-corrected chi connectivity index (χ3v) is 3.95. The lowest BCUT2D eigenvalue weighted by molar-refractivity contribution is 0.179. The molecule has 8 heteroatoms. The van der Waals surface area contributed by atoms with Gasteiger partial charge >= 0.3 is 6.03 Å². The van der Waals surface area contributed by atoms with Gasteiger partial charge in [0.15, 0.2) is 0 Å². The molecule has 0 radical (unpaired) electrons. The first kappa shape index (κ1) is 14.9. The summed E-state index contributed by atoms with van der Waals surface area (Å²) in [6, 6.07) is 1.58. The lowest BCUT2D eigenvalue weighted by Gasteiger charge is -2.31. The predicted octanol–water partition coefficient (Wildman–Crippen LogP) is 0.503. The SMILES string of the molecule is CS(=O)(=O)NC1CCN(C(=O)NCc2ccoc2)CC1. The number of likely N-dealkylation sites (tertiary alicyclic amines) is 1. The highest BCUT2D eigenvalue weighted by atomic mass is 32.2. The molecule has 1 saturated heterocycles. The van der Waals surface area contributed by atoms with Crippen LogP contribution in [-0.2, 0) is 16.6 Å². The molecule has 0 aliphatic carbocycles. The maximum Gasteiger partial charge on any atom is 0.317 e. The first-order valence-corrected chi connectivity index (χ1v) is 8.34. The highest BCUT2D eigenvalue weighted by Gasteiger charge is 2.24. The van der Waals surface area contributed by atoms with Gasteiger partial charge in [-0.15, -0.1) is 0 Å². The van der Waals surface area contributed by atoms with Crippen LogP contribution in [0.25, 0.3) is 0 Å². The summed E-state index contributed by atoms with van der Waals surface area (Å²) in [5, 5.41) is 2.81. The molecule has 1 aliphatic rings. The van der Waals surface area contributed by atoms with E-state index in [1.165, 1.54) is 0 Å². The van der Waals surface area contributed by atoms with Crippen LogP contribution in [0.5, 0.6) is 0 Å². The molecule has 20 heavy (non-hydrogen) atoms. The molecule has 1 aromatic rings. The molecule has 1 fully saturated rings. The smallest absolute Gasteiger partial charge is 0.317 e. The van der Waals surface area contributed by atoms with E-state index >= 15 is 0 Å². The van der Waals surface area contributed by atoms with Crippen LogP contribution in [0.2, 0.25) is 0 Å². The molecule has 0 spiro atoms. The van der Waals surface area contributed by atoms with E-state index in [-0.39, 0.29) is 12.1 Å². The normalized spacial score (nSPS) is 17.1. The van der Waals surface area contributed by atoms with Crippen LogP contribution >= 0.6 is 0 Å². The quantitative estimate of drug-likeness (QED) is 0.847. The number of furan rings is 1. The summed E-state index contributed by atoms with van der Waals surface area (Å²) in [6.07, 6.45) is 5.56. The first-order chi connectivity index (χ1) is 9.44. The number of hydrogen-bond acceptors (Lipinski definition) is 4. The Morgan fingerprint density at radius 3 is 2.70 bits per heavy atom. The highest BCUT2D eigenvalue weighted by molar-refractivity contribution is 7.88. The molecule has 0 atom stereocenters. The summed E-state index contributed by atoms with van der Waals surface area (Å²) in [7, 11) is -3.18. The van der Waals surface area contributed by atoms with Crippen LogP contribution in [0, 0.1) is 0 Å². The van der Waals surface area contributed by atoms with Crippen molar-refractivity contribution in [3.05, 3.63) is 24.2 Å². The zero-order valence-electron chi connectivity index (χ0n) is 11.3. The average molecular weight is 301 g/mol. The summed E-state index contributed by atoms with van der Waals surface area (Å²) in [6.45, 7) is 1.52. The van der Waals surface area contributed by atoms with Gasteiger partial charge in [-0.1, -0.05) is 0 Å². The minimum absolute atomic E-state index is 0.0806. The van der Waals surface area contributed by atoms with Crippen LogP contribution in [0.15, 0.2) is 23.0 Å². The van der Waals surface area contributed by atoms with Crippen molar-refractivity contribution in [2.75, 3.05) is 19.3 Å². The summed E-state index contributed by atoms with van der Waals surface area (Å²) in [4.78, 5) is 13.6. The second kappa shape index (κ2) is 6.27. The number of urea groups is 1. The van der Waals surface area contributed by atoms with E-state index < -0.39 is 10.0 Å². The largest absolute Gasteiger partial charge is 0.472 e. The Morgan fingerprint density at radius 1 is 1.45 bits per heavy atom. The lowest BCUT2D eigenvalue weighted by Crippen LogP contribution is -2.49. The average Bonchev–Trinajstić information content (AvgIpc) is 2.88. The van der Waals surface area contributed by atoms with Crippen molar-refractivity contribution in [1.29, 1.82) is 0 Å². The molecule has 1 aliphatic heterocycles. The number of nitrogens with one attached hydrogen (secondary N) is 2. The molecule has 2 heterocycles. The van der Waals surface area contributed by atoms with Crippen LogP contribution in [0.3, 0.4) is 0 Å². The van der Waals surface area contributed by atoms with E-state index in [9.17, 15) is 13.2 Å². The van der Waals surface area contributed by atoms with Gasteiger partial charge in [0.2, 0.25) is 10.0 Å². The molecular weight excluding hydrogens is 282 g/mol. The Labute approximate surface area is 118 Å². The minimum atomic E-state index is -3.18. The summed E-state index contributed by atoms with van der Waals surface area (Å²) < 4.78 is 29.8. The maximum atomic E-state index is 11.9. The Morgan fingerprint density at radius 2 is 2.15 bits per heavy atom. The summed E-state index contributed by atoms with van der Waals surface area (Å²) in [5.74, 6) is 0. The van der Waals surface area contributed by atoms with Crippen molar-refractivity contribution in [3.8, 4) is 0 Å². The van der Waals surface area contributed by atoms with E-state index in [1.807, 2.05) is 0 Å². The summed E-state index contributed by atoms with van der Waals surface area (Å²) >= 11 is 0. The van der Waals surface area contributed by atoms with Crippen molar-refractivity contribution < 1.29 is 17.6 Å². The van der Waals surface area contributed by atoms with Crippen molar-refractivity contribution in [2.45, 2.75) is 25.4 Å². The predicted molar refractivity (Wildman–Crippen MR) is 73.5 cm³/mol. The van der Waals surface area contributed by atoms with E-state index in [4.69, 9.17) is 4.42 Å². The highest BCUT2D eigenvalue weighted by Crippen LogP contribution is 2.11. The molecule has 0 aromatic carbocycles. The van der Waals surface area contributed by atoms with E-state index in [0.29, 0.717) is 32.5 Å². The Bertz CT molecular complexity index is 533. The van der Waals surface area contributed by atoms with Crippen LogP contribution in [0.4, 0.5) is 4.79 Å². The van der Waals surface area contributed by atoms with Crippen LogP contribution in [-0.4, -0.2) is 44.7 Å². The Balaban J connectivity index is 1.74. The second-order valence-electron chi connectivity index (χ2n) is 4.94. The molecule has 7 nitrogen and oxygen atoms in total. The van der Waals surface area contributed by atoms with Gasteiger partial charge in [-0.3, -0.25) is 0 Å². The fraction of sp³-hybridized carbons (Fsp3) is 0.583. The van der Waals surface area contributed by atoms with Gasteiger partial charge in [0.25, 0.3) is 0 Å². The number of nitrogens with zero attached hydrogens (tertiary/aromatic N) is 1. The number of carbonyl (C=O) groups excluding carboxylic acids is 1. The van der Waals surface area contributed by atoms with Gasteiger partial charge < -0.3 is 14.6 Å². The third-order valence-electron chi connectivity index (χ3n) is 3.19. The van der Waals surface area contributed by atoms with Gasteiger partial charge in [0.05, 0.1) is 18.8 Å². The van der Waals surface area contributed by atoms with Gasteiger partial charge in [-0.2, -0.15) is 0 Å². The van der Waals surface area contributed by atoms with E-state index in [0.717, 1.165) is 11.8 Å². The maximum absolute atomic E-state index is 11.9. The van der Waals surface area contributed by atoms with Crippen molar-refractivity contribution >= 4 is 16.1 Å². The number of piperidine rings is 1. The third kappa shape index (κ3) is 4.53. The minimum Gasteiger partial charge on any atom is -0.472 e. The van der Waals surface area contributed by atoms with Gasteiger partial charge in [-0.25, -0.2) is 17.9 Å². The van der Waals surface area contributed by atoms with E-state index in [2.05, 4.69) is 10.0 Å². The van der Waals surface area contributed by atoms with Crippen molar-refractivity contribution in [3.63, 3.8) is 0 Å². The number of rotatable bonds is 4. The van der Waals surface area contributed by atoms with Gasteiger partial charge in [0.1, 0.15) is 0 Å². The zero-order chi connectivity index (χ0) is 14.6. The monoisotopic (exact) mass is 301 g/mol. The fourth-order valence-electron chi connectivity index (χ4n) is 2.19. The van der Waals surface area contributed by atoms with Crippen LogP contribution in [0.1, 0.15) is 18.4 Å². The Kier molecular flexibility index (Phi) is 4.66. The molecule has 0 unspecified atom stereocenters. The van der Waals surface area contributed by atoms with Crippen molar-refractivity contribution in [1.82, 2.24) is 14.9 Å². The van der Waals surface area contributed by atoms with Crippen LogP contribution < -0.4 is 10.0 Å². The topological polar surface area (TPSA) is 91.7 Å². The zero-order valence-corrected chi connectivity index (χ0v) is 12.1.